The van der Waals surface area contributed by atoms with Gasteiger partial charge in [-0.2, -0.15) is 5.26 Å². The molecule has 3 nitrogen and oxygen atoms in total. The van der Waals surface area contributed by atoms with Crippen molar-refractivity contribution in [2.75, 3.05) is 6.61 Å². The lowest BCUT2D eigenvalue weighted by atomic mass is 10.3. The van der Waals surface area contributed by atoms with Gasteiger partial charge < -0.3 is 4.74 Å². The third-order valence-corrected chi connectivity index (χ3v) is 1.15. The van der Waals surface area contributed by atoms with E-state index in [1.54, 1.807) is 0 Å². The molecule has 62 valence electrons. The second kappa shape index (κ2) is 7.07. The molecule has 0 rings (SSSR count). The van der Waals surface area contributed by atoms with Gasteiger partial charge in [-0.15, -0.1) is 0 Å². The lowest BCUT2D eigenvalue weighted by Gasteiger charge is -2.00. The van der Waals surface area contributed by atoms with Crippen LogP contribution in [0.4, 0.5) is 0 Å². The predicted octanol–water partition coefficient (Wildman–Crippen LogP) is 1.63. The van der Waals surface area contributed by atoms with Gasteiger partial charge in [-0.25, -0.2) is 0 Å². The van der Waals surface area contributed by atoms with Gasteiger partial charge in [-0.1, -0.05) is 6.92 Å². The monoisotopic (exact) mass is 155 g/mol. The second-order valence-electron chi connectivity index (χ2n) is 2.23. The molecule has 3 heteroatoms. The van der Waals surface area contributed by atoms with Crippen molar-refractivity contribution in [2.24, 2.45) is 0 Å². The molecular weight excluding hydrogens is 142 g/mol. The van der Waals surface area contributed by atoms with Crippen LogP contribution in [0, 0.1) is 11.3 Å². The lowest BCUT2D eigenvalue weighted by Crippen LogP contribution is -2.04. The van der Waals surface area contributed by atoms with Gasteiger partial charge in [0.05, 0.1) is 12.7 Å². The van der Waals surface area contributed by atoms with Crippen LogP contribution >= 0.6 is 0 Å². The molecule has 0 unspecified atom stereocenters. The van der Waals surface area contributed by atoms with E-state index >= 15 is 0 Å². The van der Waals surface area contributed by atoms with Gasteiger partial charge in [0.25, 0.3) is 0 Å². The number of rotatable bonds is 5. The van der Waals surface area contributed by atoms with Gasteiger partial charge in [0.1, 0.15) is 0 Å². The van der Waals surface area contributed by atoms with Crippen LogP contribution in [0.1, 0.15) is 32.6 Å². The molecule has 0 N–H and O–H groups in total. The normalized spacial score (nSPS) is 8.73. The molecule has 0 aromatic rings. The summed E-state index contributed by atoms with van der Waals surface area (Å²) in [6.07, 6.45) is 2.40. The Hall–Kier alpha value is -1.04. The summed E-state index contributed by atoms with van der Waals surface area (Å²) < 4.78 is 4.79. The van der Waals surface area contributed by atoms with E-state index in [4.69, 9.17) is 10.00 Å². The molecule has 0 heterocycles. The van der Waals surface area contributed by atoms with E-state index in [1.807, 2.05) is 13.0 Å². The van der Waals surface area contributed by atoms with Crippen molar-refractivity contribution in [1.29, 1.82) is 5.26 Å². The Bertz CT molecular complexity index is 149. The smallest absolute Gasteiger partial charge is 0.305 e. The van der Waals surface area contributed by atoms with Gasteiger partial charge in [-0.05, 0) is 12.8 Å². The Labute approximate surface area is 67.0 Å². The fourth-order valence-corrected chi connectivity index (χ4v) is 0.614. The average Bonchev–Trinajstić information content (AvgIpc) is 1.99. The molecule has 0 amide bonds. The Morgan fingerprint density at radius 2 is 2.36 bits per heavy atom. The zero-order valence-electron chi connectivity index (χ0n) is 6.80. The molecule has 0 saturated carbocycles. The van der Waals surface area contributed by atoms with E-state index in [0.29, 0.717) is 25.9 Å². The van der Waals surface area contributed by atoms with Crippen molar-refractivity contribution in [3.63, 3.8) is 0 Å². The molecule has 0 aliphatic heterocycles. The van der Waals surface area contributed by atoms with E-state index in [2.05, 4.69) is 0 Å². The number of hydrogen-bond acceptors (Lipinski definition) is 3. The fraction of sp³-hybridized carbons (Fsp3) is 0.750. The van der Waals surface area contributed by atoms with E-state index < -0.39 is 0 Å². The van der Waals surface area contributed by atoms with Gasteiger partial charge in [0.2, 0.25) is 0 Å². The zero-order chi connectivity index (χ0) is 8.53. The van der Waals surface area contributed by atoms with Crippen LogP contribution < -0.4 is 0 Å². The molecular formula is C8H13NO2. The fourth-order valence-electron chi connectivity index (χ4n) is 0.614. The quantitative estimate of drug-likeness (QED) is 0.448. The molecule has 0 fully saturated rings. The predicted molar refractivity (Wildman–Crippen MR) is 40.7 cm³/mol. The highest BCUT2D eigenvalue weighted by molar-refractivity contribution is 5.69. The number of ether oxygens (including phenoxy) is 1. The molecule has 0 radical (unpaired) electrons. The zero-order valence-corrected chi connectivity index (χ0v) is 6.80. The number of nitrogens with zero attached hydrogens (tertiary/aromatic N) is 1. The van der Waals surface area contributed by atoms with Crippen LogP contribution in [0.25, 0.3) is 0 Å². The van der Waals surface area contributed by atoms with Crippen molar-refractivity contribution < 1.29 is 9.53 Å². The minimum atomic E-state index is -0.162. The molecule has 0 aliphatic carbocycles. The Morgan fingerprint density at radius 1 is 1.64 bits per heavy atom. The topological polar surface area (TPSA) is 50.1 Å². The highest BCUT2D eigenvalue weighted by atomic mass is 16.5. The summed E-state index contributed by atoms with van der Waals surface area (Å²) in [7, 11) is 0. The minimum Gasteiger partial charge on any atom is -0.466 e. The number of unbranched alkanes of at least 4 members (excludes halogenated alkanes) is 1. The Morgan fingerprint density at radius 3 is 2.91 bits per heavy atom. The van der Waals surface area contributed by atoms with Crippen LogP contribution in [0.5, 0.6) is 0 Å². The minimum absolute atomic E-state index is 0.162. The number of esters is 1. The summed E-state index contributed by atoms with van der Waals surface area (Å²) >= 11 is 0. The van der Waals surface area contributed by atoms with Crippen molar-refractivity contribution in [1.82, 2.24) is 0 Å². The number of carbonyl (C=O) groups is 1. The van der Waals surface area contributed by atoms with Gasteiger partial charge in [0, 0.05) is 12.8 Å². The average molecular weight is 155 g/mol. The maximum absolute atomic E-state index is 10.7. The SMILES string of the molecule is CCCC(=O)OCCCC#N. The molecule has 11 heavy (non-hydrogen) atoms. The third kappa shape index (κ3) is 6.85. The summed E-state index contributed by atoms with van der Waals surface area (Å²) in [6, 6.07) is 1.98. The van der Waals surface area contributed by atoms with E-state index in [-0.39, 0.29) is 5.97 Å². The summed E-state index contributed by atoms with van der Waals surface area (Å²) in [5.74, 6) is -0.162. The first-order chi connectivity index (χ1) is 5.31. The first-order valence-corrected chi connectivity index (χ1v) is 3.83. The van der Waals surface area contributed by atoms with E-state index in [9.17, 15) is 4.79 Å². The van der Waals surface area contributed by atoms with E-state index in [0.717, 1.165) is 6.42 Å². The van der Waals surface area contributed by atoms with Crippen molar-refractivity contribution in [3.8, 4) is 6.07 Å². The summed E-state index contributed by atoms with van der Waals surface area (Å²) in [4.78, 5) is 10.7. The van der Waals surface area contributed by atoms with Crippen molar-refractivity contribution in [3.05, 3.63) is 0 Å². The molecule has 0 aliphatic rings. The number of nitriles is 1. The Kier molecular flexibility index (Phi) is 6.40. The van der Waals surface area contributed by atoms with Gasteiger partial charge >= 0.3 is 5.97 Å². The maximum Gasteiger partial charge on any atom is 0.305 e. The first kappa shape index (κ1) is 9.96. The largest absolute Gasteiger partial charge is 0.466 e. The lowest BCUT2D eigenvalue weighted by molar-refractivity contribution is -0.143. The molecule has 0 aromatic carbocycles. The van der Waals surface area contributed by atoms with Crippen LogP contribution in [-0.4, -0.2) is 12.6 Å². The maximum atomic E-state index is 10.7. The van der Waals surface area contributed by atoms with Gasteiger partial charge in [-0.3, -0.25) is 4.79 Å². The number of hydrogen-bond donors (Lipinski definition) is 0. The highest BCUT2D eigenvalue weighted by Gasteiger charge is 1.98. The van der Waals surface area contributed by atoms with Crippen LogP contribution in [0.2, 0.25) is 0 Å². The molecule has 0 aromatic heterocycles. The highest BCUT2D eigenvalue weighted by Crippen LogP contribution is 1.93. The summed E-state index contributed by atoms with van der Waals surface area (Å²) in [5, 5.41) is 8.14. The van der Waals surface area contributed by atoms with E-state index in [1.165, 1.54) is 0 Å². The van der Waals surface area contributed by atoms with Crippen molar-refractivity contribution >= 4 is 5.97 Å². The second-order valence-corrected chi connectivity index (χ2v) is 2.23. The molecule has 0 saturated heterocycles. The Balaban J connectivity index is 3.12. The standard InChI is InChI=1S/C8H13NO2/c1-2-5-8(10)11-7-4-3-6-9/h2-5,7H2,1H3. The van der Waals surface area contributed by atoms with Crippen molar-refractivity contribution in [2.45, 2.75) is 32.6 Å². The van der Waals surface area contributed by atoms with Crippen LogP contribution in [-0.2, 0) is 9.53 Å². The summed E-state index contributed by atoms with van der Waals surface area (Å²) in [5.41, 5.74) is 0. The van der Waals surface area contributed by atoms with Gasteiger partial charge in [0.15, 0.2) is 0 Å². The summed E-state index contributed by atoms with van der Waals surface area (Å²) in [6.45, 7) is 2.31. The van der Waals surface area contributed by atoms with Crippen LogP contribution in [0.3, 0.4) is 0 Å². The molecule has 0 bridgehead atoms. The molecule has 0 atom stereocenters. The third-order valence-electron chi connectivity index (χ3n) is 1.15. The van der Waals surface area contributed by atoms with Crippen LogP contribution in [0.15, 0.2) is 0 Å². The first-order valence-electron chi connectivity index (χ1n) is 3.83. The molecule has 0 spiro atoms. The number of carbonyl (C=O) groups excluding carboxylic acids is 1.